The minimum Gasteiger partial charge on any atom is -0.337 e. The van der Waals surface area contributed by atoms with Gasteiger partial charge in [-0.1, -0.05) is 6.42 Å². The van der Waals surface area contributed by atoms with Gasteiger partial charge in [-0.2, -0.15) is 0 Å². The van der Waals surface area contributed by atoms with E-state index < -0.39 is 28.2 Å². The van der Waals surface area contributed by atoms with Crippen molar-refractivity contribution in [2.45, 2.75) is 37.0 Å². The van der Waals surface area contributed by atoms with E-state index in [0.717, 1.165) is 19.3 Å². The van der Waals surface area contributed by atoms with Crippen LogP contribution in [0, 0.1) is 0 Å². The summed E-state index contributed by atoms with van der Waals surface area (Å²) < 4.78 is 53.3. The molecule has 0 bridgehead atoms. The first kappa shape index (κ1) is 21.9. The lowest BCUT2D eigenvalue weighted by Gasteiger charge is -2.11. The standard InChI is InChI=1S/C21H21F2N5O3S/c22-19(23)20-26-16-10-5-13(12-17(16)27-20)21(29)25-14-6-8-15(9-7-14)32(30,31)28-18-4-2-1-3-11-24-18/h5-10,12,19H,1-4,11H2,(H,24,28)(H,25,29)(H,26,27). The fraction of sp³-hybridized carbons (Fsp3) is 0.286. The molecule has 32 heavy (non-hydrogen) atoms. The molecule has 0 aliphatic carbocycles. The van der Waals surface area contributed by atoms with Crippen LogP contribution in [-0.2, 0) is 10.0 Å². The molecular formula is C21H21F2N5O3S. The number of amidine groups is 1. The molecule has 2 heterocycles. The highest BCUT2D eigenvalue weighted by Crippen LogP contribution is 2.21. The van der Waals surface area contributed by atoms with E-state index in [4.69, 9.17) is 0 Å². The fourth-order valence-electron chi connectivity index (χ4n) is 3.37. The summed E-state index contributed by atoms with van der Waals surface area (Å²) in [6.45, 7) is 0.608. The predicted molar refractivity (Wildman–Crippen MR) is 117 cm³/mol. The van der Waals surface area contributed by atoms with Gasteiger partial charge in [0.1, 0.15) is 5.84 Å². The number of benzene rings is 2. The average molecular weight is 461 g/mol. The molecular weight excluding hydrogens is 440 g/mol. The molecule has 0 saturated carbocycles. The first-order chi connectivity index (χ1) is 15.3. The van der Waals surface area contributed by atoms with Gasteiger partial charge >= 0.3 is 0 Å². The van der Waals surface area contributed by atoms with Crippen LogP contribution in [0.3, 0.4) is 0 Å². The zero-order valence-electron chi connectivity index (χ0n) is 16.9. The summed E-state index contributed by atoms with van der Waals surface area (Å²) in [5, 5.41) is 2.66. The van der Waals surface area contributed by atoms with Gasteiger partial charge in [0.2, 0.25) is 0 Å². The quantitative estimate of drug-likeness (QED) is 0.532. The summed E-state index contributed by atoms with van der Waals surface area (Å²) in [4.78, 5) is 23.1. The van der Waals surface area contributed by atoms with Crippen LogP contribution in [0.15, 0.2) is 52.4 Å². The predicted octanol–water partition coefficient (Wildman–Crippen LogP) is 4.00. The number of anilines is 1. The van der Waals surface area contributed by atoms with E-state index in [1.54, 1.807) is 0 Å². The van der Waals surface area contributed by atoms with Gasteiger partial charge in [0, 0.05) is 24.2 Å². The Labute approximate surface area is 183 Å². The second kappa shape index (κ2) is 9.03. The number of nitrogens with zero attached hydrogens (tertiary/aromatic N) is 2. The molecule has 1 amide bonds. The molecule has 0 saturated heterocycles. The van der Waals surface area contributed by atoms with Crippen LogP contribution in [-0.4, -0.2) is 36.7 Å². The number of imidazole rings is 1. The van der Waals surface area contributed by atoms with Crippen LogP contribution in [0.5, 0.6) is 0 Å². The molecule has 0 atom stereocenters. The maximum Gasteiger partial charge on any atom is 0.295 e. The van der Waals surface area contributed by atoms with Gasteiger partial charge in [-0.15, -0.1) is 0 Å². The number of aromatic amines is 1. The number of hydrogen-bond acceptors (Lipinski definition) is 5. The average Bonchev–Trinajstić information content (AvgIpc) is 3.04. The van der Waals surface area contributed by atoms with Gasteiger partial charge in [0.15, 0.2) is 5.82 Å². The molecule has 11 heteroatoms. The third-order valence-corrected chi connectivity index (χ3v) is 6.42. The number of fused-ring (bicyclic) bond motifs is 1. The molecule has 4 rings (SSSR count). The largest absolute Gasteiger partial charge is 0.337 e. The number of aromatic nitrogens is 2. The molecule has 8 nitrogen and oxygen atoms in total. The molecule has 3 N–H and O–H groups in total. The summed E-state index contributed by atoms with van der Waals surface area (Å²) >= 11 is 0. The maximum atomic E-state index is 12.8. The Kier molecular flexibility index (Phi) is 6.17. The van der Waals surface area contributed by atoms with Crippen molar-refractivity contribution in [3.63, 3.8) is 0 Å². The number of nitrogens with one attached hydrogen (secondary N) is 3. The van der Waals surface area contributed by atoms with Gasteiger partial charge in [-0.3, -0.25) is 14.5 Å². The molecule has 0 unspecified atom stereocenters. The first-order valence-corrected chi connectivity index (χ1v) is 11.6. The lowest BCUT2D eigenvalue weighted by molar-refractivity contribution is 0.102. The number of alkyl halides is 2. The van der Waals surface area contributed by atoms with E-state index in [2.05, 4.69) is 25.0 Å². The van der Waals surface area contributed by atoms with E-state index >= 15 is 0 Å². The van der Waals surface area contributed by atoms with E-state index in [9.17, 15) is 22.0 Å². The minimum atomic E-state index is -3.77. The number of H-pyrrole nitrogens is 1. The maximum absolute atomic E-state index is 12.8. The fourth-order valence-corrected chi connectivity index (χ4v) is 4.46. The molecule has 0 fully saturated rings. The van der Waals surface area contributed by atoms with Crippen molar-refractivity contribution < 1.29 is 22.0 Å². The minimum absolute atomic E-state index is 0.0563. The van der Waals surface area contributed by atoms with Gasteiger partial charge in [-0.25, -0.2) is 22.2 Å². The Morgan fingerprint density at radius 3 is 2.59 bits per heavy atom. The van der Waals surface area contributed by atoms with Crippen LogP contribution < -0.4 is 10.0 Å². The van der Waals surface area contributed by atoms with Gasteiger partial charge < -0.3 is 10.3 Å². The van der Waals surface area contributed by atoms with E-state index in [0.29, 0.717) is 35.5 Å². The molecule has 1 aliphatic rings. The van der Waals surface area contributed by atoms with Crippen molar-refractivity contribution in [2.24, 2.45) is 4.99 Å². The number of hydrogen-bond donors (Lipinski definition) is 3. The summed E-state index contributed by atoms with van der Waals surface area (Å²) in [6.07, 6.45) is 0.704. The van der Waals surface area contributed by atoms with Crippen LogP contribution in [0.2, 0.25) is 0 Å². The first-order valence-electron chi connectivity index (χ1n) is 10.1. The third-order valence-electron chi connectivity index (χ3n) is 5.02. The number of halogens is 2. The Bertz CT molecular complexity index is 1270. The SMILES string of the molecule is O=C(Nc1ccc(S(=O)(=O)NC2=NCCCCC2)cc1)c1ccc2nc(C(F)F)[nH]c2c1. The van der Waals surface area contributed by atoms with E-state index in [-0.39, 0.29) is 10.5 Å². The van der Waals surface area contributed by atoms with Crippen LogP contribution in [0.1, 0.15) is 48.3 Å². The monoisotopic (exact) mass is 461 g/mol. The van der Waals surface area contributed by atoms with Crippen LogP contribution >= 0.6 is 0 Å². The molecule has 168 valence electrons. The highest BCUT2D eigenvalue weighted by Gasteiger charge is 2.18. The Balaban J connectivity index is 1.45. The lowest BCUT2D eigenvalue weighted by atomic mass is 10.2. The van der Waals surface area contributed by atoms with Crippen molar-refractivity contribution in [3.05, 3.63) is 53.9 Å². The summed E-state index contributed by atoms with van der Waals surface area (Å²) in [5.41, 5.74) is 1.28. The van der Waals surface area contributed by atoms with Gasteiger partial charge in [0.25, 0.3) is 22.4 Å². The highest BCUT2D eigenvalue weighted by molar-refractivity contribution is 7.90. The topological polar surface area (TPSA) is 116 Å². The van der Waals surface area contributed by atoms with Crippen molar-refractivity contribution in [3.8, 4) is 0 Å². The number of rotatable bonds is 5. The smallest absolute Gasteiger partial charge is 0.295 e. The molecule has 2 aromatic carbocycles. The Morgan fingerprint density at radius 2 is 1.84 bits per heavy atom. The highest BCUT2D eigenvalue weighted by atomic mass is 32.2. The number of amides is 1. The zero-order chi connectivity index (χ0) is 22.7. The van der Waals surface area contributed by atoms with Crippen LogP contribution in [0.4, 0.5) is 14.5 Å². The summed E-state index contributed by atoms with van der Waals surface area (Å²) in [6, 6.07) is 10.1. The Hall–Kier alpha value is -3.34. The lowest BCUT2D eigenvalue weighted by Crippen LogP contribution is -2.30. The van der Waals surface area contributed by atoms with Crippen molar-refractivity contribution in [1.29, 1.82) is 0 Å². The molecule has 1 aliphatic heterocycles. The Morgan fingerprint density at radius 1 is 1.06 bits per heavy atom. The molecule has 1 aromatic heterocycles. The van der Waals surface area contributed by atoms with E-state index in [1.165, 1.54) is 42.5 Å². The second-order valence-corrected chi connectivity index (χ2v) is 9.06. The summed E-state index contributed by atoms with van der Waals surface area (Å²) in [7, 11) is -3.77. The number of aliphatic imine (C=N–C) groups is 1. The van der Waals surface area contributed by atoms with Crippen molar-refractivity contribution >= 4 is 38.5 Å². The molecule has 3 aromatic rings. The number of carbonyl (C=O) groups excluding carboxylic acids is 1. The third kappa shape index (κ3) is 4.93. The van der Waals surface area contributed by atoms with Gasteiger partial charge in [0.05, 0.1) is 15.9 Å². The number of sulfonamides is 1. The number of carbonyl (C=O) groups is 1. The normalized spacial score (nSPS) is 14.8. The molecule has 0 radical (unpaired) electrons. The molecule has 0 spiro atoms. The van der Waals surface area contributed by atoms with Crippen molar-refractivity contribution in [2.75, 3.05) is 11.9 Å². The van der Waals surface area contributed by atoms with Crippen LogP contribution in [0.25, 0.3) is 11.0 Å². The zero-order valence-corrected chi connectivity index (χ0v) is 17.8. The van der Waals surface area contributed by atoms with E-state index in [1.807, 2.05) is 0 Å². The van der Waals surface area contributed by atoms with Gasteiger partial charge in [-0.05, 0) is 55.3 Å². The van der Waals surface area contributed by atoms with Crippen molar-refractivity contribution in [1.82, 2.24) is 14.7 Å². The second-order valence-electron chi connectivity index (χ2n) is 7.38. The summed E-state index contributed by atoms with van der Waals surface area (Å²) in [5.74, 6) is -0.469.